The number of aliphatic hydroxyl groups is 4. The number of ether oxygens (including phenoxy) is 1. The second-order valence-corrected chi connectivity index (χ2v) is 7.80. The average molecular weight is 393 g/mol. The fraction of sp³-hybridized carbons (Fsp3) is 0.421. The first-order valence-corrected chi connectivity index (χ1v) is 9.44. The summed E-state index contributed by atoms with van der Waals surface area (Å²) in [5.74, 6) is 0. The molecule has 5 atom stereocenters. The lowest BCUT2D eigenvalue weighted by atomic mass is 10.0. The van der Waals surface area contributed by atoms with Gasteiger partial charge in [-0.3, -0.25) is 4.79 Å². The van der Waals surface area contributed by atoms with E-state index in [1.807, 2.05) is 25.1 Å². The van der Waals surface area contributed by atoms with Gasteiger partial charge in [0.2, 0.25) is 5.56 Å². The first-order chi connectivity index (χ1) is 12.8. The molecule has 0 unspecified atom stereocenters. The summed E-state index contributed by atoms with van der Waals surface area (Å²) in [5.41, 5.74) is 1.89. The Labute approximate surface area is 160 Å². The van der Waals surface area contributed by atoms with Crippen LogP contribution >= 0.6 is 11.8 Å². The number of benzene rings is 1. The van der Waals surface area contributed by atoms with Crippen LogP contribution in [0.5, 0.6) is 0 Å². The van der Waals surface area contributed by atoms with Gasteiger partial charge < -0.3 is 29.7 Å². The van der Waals surface area contributed by atoms with E-state index in [2.05, 4.69) is 0 Å². The van der Waals surface area contributed by atoms with Crippen molar-refractivity contribution < 1.29 is 25.2 Å². The van der Waals surface area contributed by atoms with E-state index in [1.165, 1.54) is 22.4 Å². The van der Waals surface area contributed by atoms with Crippen LogP contribution in [-0.2, 0) is 11.8 Å². The second-order valence-electron chi connectivity index (χ2n) is 6.66. The molecule has 1 aliphatic rings. The summed E-state index contributed by atoms with van der Waals surface area (Å²) in [5, 5.41) is 39.3. The lowest BCUT2D eigenvalue weighted by molar-refractivity contribution is -0.205. The molecule has 8 heteroatoms. The lowest BCUT2D eigenvalue weighted by Crippen LogP contribution is -2.57. The van der Waals surface area contributed by atoms with Crippen LogP contribution in [0.15, 0.2) is 46.2 Å². The number of aromatic nitrogens is 1. The van der Waals surface area contributed by atoms with Crippen molar-refractivity contribution >= 4 is 11.8 Å². The van der Waals surface area contributed by atoms with Crippen LogP contribution in [0.2, 0.25) is 0 Å². The Hall–Kier alpha value is -1.68. The Morgan fingerprint density at radius 3 is 2.41 bits per heavy atom. The van der Waals surface area contributed by atoms with Gasteiger partial charge >= 0.3 is 0 Å². The average Bonchev–Trinajstić information content (AvgIpc) is 2.65. The van der Waals surface area contributed by atoms with Crippen LogP contribution in [0.3, 0.4) is 0 Å². The molecule has 3 rings (SSSR count). The van der Waals surface area contributed by atoms with Gasteiger partial charge in [-0.1, -0.05) is 23.9 Å². The number of nitrogens with zero attached hydrogens (tertiary/aromatic N) is 1. The van der Waals surface area contributed by atoms with Crippen molar-refractivity contribution in [2.75, 3.05) is 6.61 Å². The van der Waals surface area contributed by atoms with Crippen LogP contribution < -0.4 is 5.56 Å². The smallest absolute Gasteiger partial charge is 0.250 e. The van der Waals surface area contributed by atoms with Crippen molar-refractivity contribution in [1.29, 1.82) is 0 Å². The minimum absolute atomic E-state index is 0.0785. The SMILES string of the molecule is Cc1cc(-c2ccc(=O)n(C)c2)ccc1S[C@H]1O[C@H](CO)[C@@H](O)[C@H](O)[C@@H]1O. The third-order valence-electron chi connectivity index (χ3n) is 4.69. The fourth-order valence-electron chi connectivity index (χ4n) is 3.02. The van der Waals surface area contributed by atoms with Gasteiger partial charge in [-0.15, -0.1) is 0 Å². The van der Waals surface area contributed by atoms with E-state index >= 15 is 0 Å². The highest BCUT2D eigenvalue weighted by atomic mass is 32.2. The summed E-state index contributed by atoms with van der Waals surface area (Å²) in [7, 11) is 1.70. The number of hydrogen-bond donors (Lipinski definition) is 4. The number of pyridine rings is 1. The van der Waals surface area contributed by atoms with Gasteiger partial charge in [0.05, 0.1) is 6.61 Å². The fourth-order valence-corrected chi connectivity index (χ4v) is 4.16. The molecular weight excluding hydrogens is 370 g/mol. The molecule has 0 radical (unpaired) electrons. The number of aliphatic hydroxyl groups excluding tert-OH is 4. The topological polar surface area (TPSA) is 112 Å². The number of aryl methyl sites for hydroxylation is 2. The van der Waals surface area contributed by atoms with Crippen LogP contribution in [-0.4, -0.2) is 61.5 Å². The molecule has 0 aliphatic carbocycles. The molecule has 27 heavy (non-hydrogen) atoms. The molecule has 2 heterocycles. The highest BCUT2D eigenvalue weighted by Crippen LogP contribution is 2.36. The van der Waals surface area contributed by atoms with E-state index in [0.717, 1.165) is 21.6 Å². The van der Waals surface area contributed by atoms with Gasteiger partial charge in [0.25, 0.3) is 0 Å². The molecule has 1 fully saturated rings. The molecule has 4 N–H and O–H groups in total. The molecule has 146 valence electrons. The Morgan fingerprint density at radius 2 is 1.78 bits per heavy atom. The number of rotatable bonds is 4. The zero-order valence-electron chi connectivity index (χ0n) is 15.0. The molecule has 1 aliphatic heterocycles. The van der Waals surface area contributed by atoms with E-state index in [1.54, 1.807) is 19.3 Å². The zero-order valence-corrected chi connectivity index (χ0v) is 15.8. The van der Waals surface area contributed by atoms with Crippen LogP contribution in [0.4, 0.5) is 0 Å². The minimum atomic E-state index is -1.39. The summed E-state index contributed by atoms with van der Waals surface area (Å²) in [4.78, 5) is 12.4. The largest absolute Gasteiger partial charge is 0.394 e. The summed E-state index contributed by atoms with van der Waals surface area (Å²) in [6, 6.07) is 9.02. The quantitative estimate of drug-likeness (QED) is 0.589. The third-order valence-corrected chi connectivity index (χ3v) is 6.02. The van der Waals surface area contributed by atoms with Crippen LogP contribution in [0.1, 0.15) is 5.56 Å². The summed E-state index contributed by atoms with van der Waals surface area (Å²) < 4.78 is 7.06. The van der Waals surface area contributed by atoms with Crippen molar-refractivity contribution in [3.8, 4) is 11.1 Å². The van der Waals surface area contributed by atoms with Gasteiger partial charge in [-0.2, -0.15) is 0 Å². The number of thioether (sulfide) groups is 1. The first-order valence-electron chi connectivity index (χ1n) is 8.56. The molecule has 0 bridgehead atoms. The molecule has 0 saturated carbocycles. The van der Waals surface area contributed by atoms with Gasteiger partial charge in [0.15, 0.2) is 0 Å². The number of hydrogen-bond acceptors (Lipinski definition) is 7. The highest BCUT2D eigenvalue weighted by Gasteiger charge is 2.43. The molecule has 1 aromatic heterocycles. The van der Waals surface area contributed by atoms with Crippen molar-refractivity contribution in [3.05, 3.63) is 52.4 Å². The predicted octanol–water partition coefficient (Wildman–Crippen LogP) is 0.253. The van der Waals surface area contributed by atoms with Gasteiger partial charge in [-0.05, 0) is 35.7 Å². The molecule has 2 aromatic rings. The van der Waals surface area contributed by atoms with Crippen molar-refractivity contribution in [3.63, 3.8) is 0 Å². The minimum Gasteiger partial charge on any atom is -0.394 e. The summed E-state index contributed by atoms with van der Waals surface area (Å²) in [6.45, 7) is 1.46. The molecule has 1 saturated heterocycles. The molecule has 1 aromatic carbocycles. The van der Waals surface area contributed by atoms with Crippen molar-refractivity contribution in [2.24, 2.45) is 7.05 Å². The summed E-state index contributed by atoms with van der Waals surface area (Å²) in [6.07, 6.45) is -3.20. The monoisotopic (exact) mass is 393 g/mol. The van der Waals surface area contributed by atoms with Crippen LogP contribution in [0.25, 0.3) is 11.1 Å². The molecule has 0 amide bonds. The Morgan fingerprint density at radius 1 is 1.07 bits per heavy atom. The Balaban J connectivity index is 1.81. The van der Waals surface area contributed by atoms with E-state index in [0.29, 0.717) is 0 Å². The van der Waals surface area contributed by atoms with Gasteiger partial charge in [-0.25, -0.2) is 0 Å². The summed E-state index contributed by atoms with van der Waals surface area (Å²) >= 11 is 1.22. The molecular formula is C19H23NO6S. The molecule has 7 nitrogen and oxygen atoms in total. The highest BCUT2D eigenvalue weighted by molar-refractivity contribution is 7.99. The first kappa shape index (κ1) is 20.1. The van der Waals surface area contributed by atoms with Crippen LogP contribution in [0, 0.1) is 6.92 Å². The maximum Gasteiger partial charge on any atom is 0.250 e. The van der Waals surface area contributed by atoms with Crippen molar-refractivity contribution in [1.82, 2.24) is 4.57 Å². The molecule has 0 spiro atoms. The Kier molecular flexibility index (Phi) is 6.05. The van der Waals surface area contributed by atoms with Crippen molar-refractivity contribution in [2.45, 2.75) is 41.7 Å². The maximum absolute atomic E-state index is 11.5. The normalized spacial score (nSPS) is 28.3. The van der Waals surface area contributed by atoms with Gasteiger partial charge in [0, 0.05) is 24.2 Å². The lowest BCUT2D eigenvalue weighted by Gasteiger charge is -2.39. The maximum atomic E-state index is 11.5. The second kappa shape index (κ2) is 8.14. The third kappa shape index (κ3) is 4.11. The Bertz CT molecular complexity index is 868. The van der Waals surface area contributed by atoms with E-state index in [9.17, 15) is 25.2 Å². The standard InChI is InChI=1S/C19H23NO6S/c1-10-7-11(12-4-6-15(22)20(2)8-12)3-5-14(10)27-19-18(25)17(24)16(23)13(9-21)26-19/h3-8,13,16-19,21,23-25H,9H2,1-2H3/t13-,16-,17+,18+,19-/m1/s1. The zero-order chi connectivity index (χ0) is 19.7. The van der Waals surface area contributed by atoms with E-state index in [4.69, 9.17) is 4.74 Å². The van der Waals surface area contributed by atoms with E-state index < -0.39 is 36.5 Å². The predicted molar refractivity (Wildman–Crippen MR) is 101 cm³/mol. The van der Waals surface area contributed by atoms with Gasteiger partial charge in [0.1, 0.15) is 29.9 Å². The van der Waals surface area contributed by atoms with E-state index in [-0.39, 0.29) is 5.56 Å².